The minimum Gasteiger partial charge on any atom is -0.399 e. The van der Waals surface area contributed by atoms with Crippen LogP contribution >= 0.6 is 0 Å². The molecule has 2 aliphatic carbocycles. The quantitative estimate of drug-likeness (QED) is 0.742. The van der Waals surface area contributed by atoms with Gasteiger partial charge in [0.2, 0.25) is 0 Å². The van der Waals surface area contributed by atoms with E-state index < -0.39 is 0 Å². The minimum absolute atomic E-state index is 0.779. The summed E-state index contributed by atoms with van der Waals surface area (Å²) >= 11 is 0. The lowest BCUT2D eigenvalue weighted by Gasteiger charge is -2.17. The smallest absolute Gasteiger partial charge is 0.0317 e. The molecule has 0 aromatic heterocycles. The Labute approximate surface area is 97.2 Å². The molecule has 0 amide bonds. The van der Waals surface area contributed by atoms with Crippen LogP contribution in [0.5, 0.6) is 0 Å². The number of nitrogen functional groups attached to an aromatic ring is 1. The summed E-state index contributed by atoms with van der Waals surface area (Å²) in [6.07, 6.45) is 5.74. The average Bonchev–Trinajstić information content (AvgIpc) is 3.13. The Morgan fingerprint density at radius 2 is 1.88 bits per heavy atom. The van der Waals surface area contributed by atoms with Crippen molar-refractivity contribution in [1.82, 2.24) is 5.32 Å². The zero-order chi connectivity index (χ0) is 11.0. The van der Waals surface area contributed by atoms with Crippen LogP contribution < -0.4 is 11.1 Å². The van der Waals surface area contributed by atoms with Gasteiger partial charge in [-0.25, -0.2) is 0 Å². The Balaban J connectivity index is 1.58. The molecular formula is C14H20N2. The predicted molar refractivity (Wildman–Crippen MR) is 66.9 cm³/mol. The number of rotatable bonds is 5. The Morgan fingerprint density at radius 1 is 1.19 bits per heavy atom. The fourth-order valence-electron chi connectivity index (χ4n) is 2.57. The van der Waals surface area contributed by atoms with E-state index in [1.165, 1.54) is 31.2 Å². The topological polar surface area (TPSA) is 38.0 Å². The van der Waals surface area contributed by atoms with Gasteiger partial charge in [-0.3, -0.25) is 0 Å². The predicted octanol–water partition coefficient (Wildman–Crippen LogP) is 2.55. The molecule has 2 heteroatoms. The summed E-state index contributed by atoms with van der Waals surface area (Å²) in [5.74, 6) is 1.93. The molecule has 3 rings (SSSR count). The monoisotopic (exact) mass is 216 g/mol. The van der Waals surface area contributed by atoms with E-state index >= 15 is 0 Å². The molecule has 1 aromatic rings. The van der Waals surface area contributed by atoms with E-state index in [9.17, 15) is 0 Å². The maximum atomic E-state index is 5.78. The van der Waals surface area contributed by atoms with Crippen molar-refractivity contribution in [2.75, 3.05) is 5.73 Å². The highest BCUT2D eigenvalue weighted by atomic mass is 14.9. The summed E-state index contributed by atoms with van der Waals surface area (Å²) in [5.41, 5.74) is 7.96. The maximum Gasteiger partial charge on any atom is 0.0317 e. The molecule has 0 atom stereocenters. The molecule has 3 N–H and O–H groups in total. The largest absolute Gasteiger partial charge is 0.399 e. The molecule has 0 saturated heterocycles. The molecule has 2 saturated carbocycles. The standard InChI is InChI=1S/C14H20N2/c15-13-3-1-2-10(8-13)9-16-14(11-4-5-11)12-6-7-12/h1-3,8,11-12,14,16H,4-7,9,15H2. The normalized spacial score (nSPS) is 20.3. The summed E-state index contributed by atoms with van der Waals surface area (Å²) in [6.45, 7) is 0.975. The van der Waals surface area contributed by atoms with Crippen molar-refractivity contribution in [3.8, 4) is 0 Å². The highest BCUT2D eigenvalue weighted by Gasteiger charge is 2.40. The molecule has 0 bridgehead atoms. The lowest BCUT2D eigenvalue weighted by Crippen LogP contribution is -2.32. The molecule has 2 aliphatic rings. The summed E-state index contributed by atoms with van der Waals surface area (Å²) < 4.78 is 0. The highest BCUT2D eigenvalue weighted by molar-refractivity contribution is 5.40. The second-order valence-electron chi connectivity index (χ2n) is 5.33. The van der Waals surface area contributed by atoms with Crippen molar-refractivity contribution in [2.24, 2.45) is 11.8 Å². The van der Waals surface area contributed by atoms with Crippen molar-refractivity contribution in [3.63, 3.8) is 0 Å². The van der Waals surface area contributed by atoms with Crippen LogP contribution in [-0.4, -0.2) is 6.04 Å². The third-order valence-electron chi connectivity index (χ3n) is 3.75. The third-order valence-corrected chi connectivity index (χ3v) is 3.75. The van der Waals surface area contributed by atoms with Gasteiger partial charge in [0.1, 0.15) is 0 Å². The van der Waals surface area contributed by atoms with Crippen LogP contribution in [0.2, 0.25) is 0 Å². The van der Waals surface area contributed by atoms with Crippen LogP contribution in [0.1, 0.15) is 31.2 Å². The fraction of sp³-hybridized carbons (Fsp3) is 0.571. The zero-order valence-electron chi connectivity index (χ0n) is 9.65. The van der Waals surface area contributed by atoms with Crippen LogP contribution in [0.3, 0.4) is 0 Å². The summed E-state index contributed by atoms with van der Waals surface area (Å²) in [7, 11) is 0. The van der Waals surface area contributed by atoms with E-state index in [2.05, 4.69) is 17.4 Å². The zero-order valence-corrected chi connectivity index (χ0v) is 9.65. The molecular weight excluding hydrogens is 196 g/mol. The molecule has 0 aliphatic heterocycles. The van der Waals surface area contributed by atoms with Gasteiger partial charge >= 0.3 is 0 Å². The van der Waals surface area contributed by atoms with Gasteiger partial charge in [-0.2, -0.15) is 0 Å². The second-order valence-corrected chi connectivity index (χ2v) is 5.33. The van der Waals surface area contributed by atoms with E-state index in [-0.39, 0.29) is 0 Å². The number of nitrogens with one attached hydrogen (secondary N) is 1. The molecule has 2 fully saturated rings. The third kappa shape index (κ3) is 2.38. The van der Waals surface area contributed by atoms with Crippen LogP contribution in [0.15, 0.2) is 24.3 Å². The lowest BCUT2D eigenvalue weighted by molar-refractivity contribution is 0.416. The van der Waals surface area contributed by atoms with Gasteiger partial charge in [0, 0.05) is 18.3 Å². The average molecular weight is 216 g/mol. The van der Waals surface area contributed by atoms with Gasteiger partial charge < -0.3 is 11.1 Å². The number of hydrogen-bond donors (Lipinski definition) is 2. The van der Waals surface area contributed by atoms with Crippen molar-refractivity contribution in [2.45, 2.75) is 38.3 Å². The first-order valence-electron chi connectivity index (χ1n) is 6.41. The van der Waals surface area contributed by atoms with Crippen molar-refractivity contribution < 1.29 is 0 Å². The summed E-state index contributed by atoms with van der Waals surface area (Å²) in [4.78, 5) is 0. The van der Waals surface area contributed by atoms with Gasteiger partial charge in [0.15, 0.2) is 0 Å². The van der Waals surface area contributed by atoms with Crippen molar-refractivity contribution in [3.05, 3.63) is 29.8 Å². The number of benzene rings is 1. The highest BCUT2D eigenvalue weighted by Crippen LogP contribution is 2.44. The second kappa shape index (κ2) is 4.10. The molecule has 16 heavy (non-hydrogen) atoms. The van der Waals surface area contributed by atoms with Gasteiger partial charge in [0.25, 0.3) is 0 Å². The van der Waals surface area contributed by atoms with Crippen LogP contribution in [-0.2, 0) is 6.54 Å². The molecule has 2 nitrogen and oxygen atoms in total. The Bertz CT molecular complexity index is 355. The fourth-order valence-corrected chi connectivity index (χ4v) is 2.57. The summed E-state index contributed by atoms with van der Waals surface area (Å²) in [5, 5.41) is 3.73. The number of anilines is 1. The van der Waals surface area contributed by atoms with Gasteiger partial charge in [-0.05, 0) is 55.2 Å². The Hall–Kier alpha value is -1.02. The SMILES string of the molecule is Nc1cccc(CNC(C2CC2)C2CC2)c1. The van der Waals surface area contributed by atoms with Crippen molar-refractivity contribution >= 4 is 5.69 Å². The first kappa shape index (κ1) is 10.2. The van der Waals surface area contributed by atoms with E-state index in [0.717, 1.165) is 30.1 Å². The first-order valence-corrected chi connectivity index (χ1v) is 6.41. The van der Waals surface area contributed by atoms with Gasteiger partial charge in [-0.15, -0.1) is 0 Å². The van der Waals surface area contributed by atoms with Crippen molar-refractivity contribution in [1.29, 1.82) is 0 Å². The molecule has 1 aromatic carbocycles. The van der Waals surface area contributed by atoms with E-state index in [1.54, 1.807) is 0 Å². The minimum atomic E-state index is 0.779. The molecule has 0 unspecified atom stereocenters. The van der Waals surface area contributed by atoms with E-state index in [4.69, 9.17) is 5.73 Å². The maximum absolute atomic E-state index is 5.78. The summed E-state index contributed by atoms with van der Waals surface area (Å²) in [6, 6.07) is 8.99. The molecule has 86 valence electrons. The van der Waals surface area contributed by atoms with E-state index in [0.29, 0.717) is 0 Å². The molecule has 0 radical (unpaired) electrons. The van der Waals surface area contributed by atoms with Crippen LogP contribution in [0.25, 0.3) is 0 Å². The number of hydrogen-bond acceptors (Lipinski definition) is 2. The van der Waals surface area contributed by atoms with E-state index in [1.807, 2.05) is 12.1 Å². The van der Waals surface area contributed by atoms with Crippen LogP contribution in [0.4, 0.5) is 5.69 Å². The first-order chi connectivity index (χ1) is 7.83. The van der Waals surface area contributed by atoms with Gasteiger partial charge in [0.05, 0.1) is 0 Å². The Kier molecular flexibility index (Phi) is 2.60. The van der Waals surface area contributed by atoms with Crippen LogP contribution in [0, 0.1) is 11.8 Å². The van der Waals surface area contributed by atoms with Gasteiger partial charge in [-0.1, -0.05) is 12.1 Å². The number of nitrogens with two attached hydrogens (primary N) is 1. The molecule has 0 spiro atoms. The lowest BCUT2D eigenvalue weighted by atomic mass is 10.1. The Morgan fingerprint density at radius 3 is 2.44 bits per heavy atom. The molecule has 0 heterocycles.